The number of nitrogens with zero attached hydrogens (tertiary/aromatic N) is 2. The second-order valence-corrected chi connectivity index (χ2v) is 15.6. The predicted octanol–water partition coefficient (Wildman–Crippen LogP) is 14.4. The van der Waals surface area contributed by atoms with E-state index in [4.69, 9.17) is 0 Å². The summed E-state index contributed by atoms with van der Waals surface area (Å²) in [6, 6.07) is 58.7. The molecular formula is C50H46N2. The SMILES string of the molecule is CC(C)(C)c1ccc(N(c2ccccc2-c2cccc3cccc(C4CCCCC4)c23)c2cccc3c4ccccc4n(-c4ccccc4)c23)cc1. The molecule has 0 radical (unpaired) electrons. The Morgan fingerprint density at radius 2 is 1.17 bits per heavy atom. The zero-order valence-corrected chi connectivity index (χ0v) is 30.5. The first-order valence-corrected chi connectivity index (χ1v) is 19.1. The van der Waals surface area contributed by atoms with E-state index in [1.807, 2.05) is 0 Å². The molecule has 256 valence electrons. The summed E-state index contributed by atoms with van der Waals surface area (Å²) in [5.74, 6) is 0.599. The number of hydrogen-bond acceptors (Lipinski definition) is 1. The molecule has 1 aromatic heterocycles. The van der Waals surface area contributed by atoms with Gasteiger partial charge in [-0.2, -0.15) is 0 Å². The van der Waals surface area contributed by atoms with Gasteiger partial charge in [-0.05, 0) is 94.1 Å². The van der Waals surface area contributed by atoms with Gasteiger partial charge in [0.2, 0.25) is 0 Å². The maximum Gasteiger partial charge on any atom is 0.0782 e. The number of fused-ring (bicyclic) bond motifs is 4. The number of rotatable bonds is 6. The Morgan fingerprint density at radius 3 is 1.96 bits per heavy atom. The van der Waals surface area contributed by atoms with Gasteiger partial charge in [-0.1, -0.05) is 155 Å². The van der Waals surface area contributed by atoms with Crippen molar-refractivity contribution in [3.63, 3.8) is 0 Å². The molecule has 52 heavy (non-hydrogen) atoms. The van der Waals surface area contributed by atoms with Crippen LogP contribution in [0.25, 0.3) is 49.4 Å². The minimum absolute atomic E-state index is 0.0550. The summed E-state index contributed by atoms with van der Waals surface area (Å²) in [6.07, 6.45) is 6.53. The zero-order chi connectivity index (χ0) is 35.2. The first-order valence-electron chi connectivity index (χ1n) is 19.1. The third kappa shape index (κ3) is 5.58. The maximum atomic E-state index is 2.52. The van der Waals surface area contributed by atoms with Gasteiger partial charge in [0.1, 0.15) is 0 Å². The Morgan fingerprint density at radius 1 is 0.538 bits per heavy atom. The van der Waals surface area contributed by atoms with Crippen molar-refractivity contribution in [3.05, 3.63) is 169 Å². The van der Waals surface area contributed by atoms with Crippen LogP contribution < -0.4 is 4.90 Å². The highest BCUT2D eigenvalue weighted by molar-refractivity contribution is 6.15. The molecule has 0 bridgehead atoms. The molecule has 2 nitrogen and oxygen atoms in total. The minimum atomic E-state index is 0.0550. The fourth-order valence-corrected chi connectivity index (χ4v) is 8.79. The summed E-state index contributed by atoms with van der Waals surface area (Å²) in [5, 5.41) is 5.23. The Balaban J connectivity index is 1.35. The summed E-state index contributed by atoms with van der Waals surface area (Å²) < 4.78 is 2.46. The van der Waals surface area contributed by atoms with Crippen LogP contribution in [0.2, 0.25) is 0 Å². The Labute approximate surface area is 308 Å². The fourth-order valence-electron chi connectivity index (χ4n) is 8.79. The number of hydrogen-bond donors (Lipinski definition) is 0. The van der Waals surface area contributed by atoms with Crippen molar-refractivity contribution in [1.29, 1.82) is 0 Å². The molecule has 1 aliphatic rings. The number of anilines is 3. The van der Waals surface area contributed by atoms with Gasteiger partial charge in [0, 0.05) is 27.7 Å². The number of para-hydroxylation sites is 4. The molecule has 1 fully saturated rings. The average molecular weight is 675 g/mol. The van der Waals surface area contributed by atoms with Gasteiger partial charge >= 0.3 is 0 Å². The van der Waals surface area contributed by atoms with Crippen LogP contribution in [0.15, 0.2) is 158 Å². The van der Waals surface area contributed by atoms with Crippen LogP contribution in [0.1, 0.15) is 69.9 Å². The molecular weight excluding hydrogens is 629 g/mol. The van der Waals surface area contributed by atoms with Crippen LogP contribution in [0.5, 0.6) is 0 Å². The maximum absolute atomic E-state index is 2.52. The predicted molar refractivity (Wildman–Crippen MR) is 223 cm³/mol. The number of aromatic nitrogens is 1. The van der Waals surface area contributed by atoms with Crippen molar-refractivity contribution in [2.45, 2.75) is 64.2 Å². The van der Waals surface area contributed by atoms with Crippen LogP contribution in [0, 0.1) is 0 Å². The summed E-state index contributed by atoms with van der Waals surface area (Å²) in [6.45, 7) is 6.87. The standard InChI is InChI=1S/C50H46N2/c1-50(2,3)37-31-33-39(34-32-37)51(47-30-16-27-44-42-24-11-13-29-46(42)52(49(44)47)38-21-8-5-9-22-38)45-28-12-10-23-41(45)43-26-15-20-36-19-14-25-40(48(36)43)35-17-6-4-7-18-35/h5,8-16,19-35H,4,6-7,17-18H2,1-3H3. The molecule has 0 aliphatic heterocycles. The van der Waals surface area contributed by atoms with Crippen LogP contribution in [0.4, 0.5) is 17.1 Å². The average Bonchev–Trinajstić information content (AvgIpc) is 3.53. The summed E-state index contributed by atoms with van der Waals surface area (Å²) in [5.41, 5.74) is 12.5. The highest BCUT2D eigenvalue weighted by atomic mass is 15.2. The Hall–Kier alpha value is -5.60. The van der Waals surface area contributed by atoms with Gasteiger partial charge in [0.05, 0.1) is 22.4 Å². The van der Waals surface area contributed by atoms with Crippen molar-refractivity contribution in [1.82, 2.24) is 4.57 Å². The van der Waals surface area contributed by atoms with E-state index in [1.54, 1.807) is 0 Å². The zero-order valence-electron chi connectivity index (χ0n) is 30.5. The van der Waals surface area contributed by atoms with E-state index < -0.39 is 0 Å². The van der Waals surface area contributed by atoms with E-state index in [-0.39, 0.29) is 5.41 Å². The lowest BCUT2D eigenvalue weighted by molar-refractivity contribution is 0.445. The summed E-state index contributed by atoms with van der Waals surface area (Å²) in [4.78, 5) is 2.52. The second-order valence-electron chi connectivity index (χ2n) is 15.6. The van der Waals surface area contributed by atoms with Gasteiger partial charge in [0.25, 0.3) is 0 Å². The molecule has 2 heteroatoms. The van der Waals surface area contributed by atoms with Gasteiger partial charge < -0.3 is 9.47 Å². The lowest BCUT2D eigenvalue weighted by Crippen LogP contribution is -2.14. The second kappa shape index (κ2) is 13.2. The Kier molecular flexibility index (Phi) is 8.19. The molecule has 1 saturated carbocycles. The van der Waals surface area contributed by atoms with Crippen LogP contribution in [-0.4, -0.2) is 4.57 Å². The van der Waals surface area contributed by atoms with E-state index >= 15 is 0 Å². The molecule has 0 unspecified atom stereocenters. The van der Waals surface area contributed by atoms with E-state index in [1.165, 1.54) is 92.6 Å². The van der Waals surface area contributed by atoms with Crippen molar-refractivity contribution >= 4 is 49.6 Å². The van der Waals surface area contributed by atoms with Crippen molar-refractivity contribution in [3.8, 4) is 16.8 Å². The molecule has 0 N–H and O–H groups in total. The third-order valence-corrected chi connectivity index (χ3v) is 11.3. The summed E-state index contributed by atoms with van der Waals surface area (Å²) in [7, 11) is 0. The van der Waals surface area contributed by atoms with E-state index in [0.717, 1.165) is 17.1 Å². The molecule has 1 heterocycles. The smallest absolute Gasteiger partial charge is 0.0782 e. The Bertz CT molecular complexity index is 2520. The lowest BCUT2D eigenvalue weighted by atomic mass is 9.80. The van der Waals surface area contributed by atoms with Gasteiger partial charge in [-0.3, -0.25) is 0 Å². The largest absolute Gasteiger partial charge is 0.308 e. The normalized spacial score (nSPS) is 14.0. The highest BCUT2D eigenvalue weighted by Crippen LogP contribution is 2.48. The molecule has 0 saturated heterocycles. The van der Waals surface area contributed by atoms with Crippen LogP contribution in [-0.2, 0) is 5.41 Å². The monoisotopic (exact) mass is 674 g/mol. The first kappa shape index (κ1) is 32.3. The molecule has 7 aromatic carbocycles. The first-order chi connectivity index (χ1) is 25.5. The van der Waals surface area contributed by atoms with E-state index in [0.29, 0.717) is 5.92 Å². The van der Waals surface area contributed by atoms with Crippen molar-refractivity contribution in [2.24, 2.45) is 0 Å². The van der Waals surface area contributed by atoms with Crippen LogP contribution >= 0.6 is 0 Å². The summed E-state index contributed by atoms with van der Waals surface area (Å²) >= 11 is 0. The quantitative estimate of drug-likeness (QED) is 0.170. The number of benzene rings is 7. The third-order valence-electron chi connectivity index (χ3n) is 11.3. The van der Waals surface area contributed by atoms with E-state index in [9.17, 15) is 0 Å². The molecule has 0 atom stereocenters. The lowest BCUT2D eigenvalue weighted by Gasteiger charge is -2.30. The van der Waals surface area contributed by atoms with Crippen molar-refractivity contribution in [2.75, 3.05) is 4.90 Å². The molecule has 9 rings (SSSR count). The van der Waals surface area contributed by atoms with Gasteiger partial charge in [0.15, 0.2) is 0 Å². The molecule has 8 aromatic rings. The highest BCUT2D eigenvalue weighted by Gasteiger charge is 2.26. The topological polar surface area (TPSA) is 8.17 Å². The van der Waals surface area contributed by atoms with Crippen LogP contribution in [0.3, 0.4) is 0 Å². The minimum Gasteiger partial charge on any atom is -0.308 e. The molecule has 0 amide bonds. The van der Waals surface area contributed by atoms with Crippen molar-refractivity contribution < 1.29 is 0 Å². The van der Waals surface area contributed by atoms with Gasteiger partial charge in [-0.25, -0.2) is 0 Å². The van der Waals surface area contributed by atoms with Gasteiger partial charge in [-0.15, -0.1) is 0 Å². The molecule has 0 spiro atoms. The fraction of sp³-hybridized carbons (Fsp3) is 0.200. The molecule has 1 aliphatic carbocycles. The van der Waals surface area contributed by atoms with E-state index in [2.05, 4.69) is 188 Å².